The summed E-state index contributed by atoms with van der Waals surface area (Å²) in [6.45, 7) is 0. The van der Waals surface area contributed by atoms with Crippen LogP contribution in [0.15, 0.2) is 0 Å². The summed E-state index contributed by atoms with van der Waals surface area (Å²) < 4.78 is 28.7. The molecule has 0 rings (SSSR count). The van der Waals surface area contributed by atoms with Crippen molar-refractivity contribution in [2.45, 2.75) is 0 Å². The van der Waals surface area contributed by atoms with Gasteiger partial charge in [-0.1, -0.05) is 0 Å². The van der Waals surface area contributed by atoms with E-state index in [1.165, 1.54) is 0 Å². The molecule has 0 aromatic rings. The van der Waals surface area contributed by atoms with Crippen LogP contribution in [0.2, 0.25) is 0 Å². The maximum absolute atomic E-state index is 10.1. The molecule has 0 fully saturated rings. The smallest absolute Gasteiger partial charge is 0.565 e. The summed E-state index contributed by atoms with van der Waals surface area (Å²) in [5.41, 5.74) is 0. The van der Waals surface area contributed by atoms with Gasteiger partial charge in [-0.05, 0) is 0 Å². The van der Waals surface area contributed by atoms with E-state index < -0.39 is 14.1 Å². The van der Waals surface area contributed by atoms with Crippen LogP contribution in [0.5, 0.6) is 0 Å². The summed E-state index contributed by atoms with van der Waals surface area (Å²) in [5, 5.41) is 15.3. The van der Waals surface area contributed by atoms with Crippen molar-refractivity contribution in [1.29, 1.82) is 0 Å². The molecule has 0 aliphatic rings. The van der Waals surface area contributed by atoms with Crippen LogP contribution < -0.4 is 24.0 Å². The molecule has 2 N–H and O–H groups in total. The van der Waals surface area contributed by atoms with Gasteiger partial charge in [0.1, 0.15) is 0 Å². The third-order valence-electron chi connectivity index (χ3n) is 0. The van der Waals surface area contributed by atoms with Gasteiger partial charge in [-0.15, -0.1) is 8.39 Å². The van der Waals surface area contributed by atoms with Crippen molar-refractivity contribution in [3.05, 3.63) is 0 Å². The summed E-state index contributed by atoms with van der Waals surface area (Å²) in [4.78, 5) is 15.2. The quantitative estimate of drug-likeness (QED) is 0.296. The Hall–Kier alpha value is -0.0826. The third-order valence-corrected chi connectivity index (χ3v) is 0. The molecule has 5 nitrogen and oxygen atoms in total. The van der Waals surface area contributed by atoms with Gasteiger partial charge in [0, 0.05) is 0 Å². The van der Waals surface area contributed by atoms with Gasteiger partial charge < -0.3 is 15.0 Å². The molecular formula is CH2F2LiO5P. The maximum atomic E-state index is 10.1. The average Bonchev–Trinajstić information content (AvgIpc) is 1.19. The van der Waals surface area contributed by atoms with Crippen molar-refractivity contribution in [2.24, 2.45) is 0 Å². The Morgan fingerprint density at radius 1 is 1.50 bits per heavy atom. The molecule has 0 heterocycles. The van der Waals surface area contributed by atoms with Gasteiger partial charge in [0.15, 0.2) is 0 Å². The average molecular weight is 170 g/mol. The van der Waals surface area contributed by atoms with Crippen LogP contribution in [0.4, 0.5) is 13.2 Å². The number of rotatable bonds is 0. The molecule has 0 aromatic carbocycles. The molecule has 0 unspecified atom stereocenters. The molecule has 10 heavy (non-hydrogen) atoms. The van der Waals surface area contributed by atoms with Crippen LogP contribution in [0.1, 0.15) is 0 Å². The van der Waals surface area contributed by atoms with E-state index in [9.17, 15) is 8.39 Å². The number of hydrogen-bond donors (Lipinski definition) is 2. The maximum Gasteiger partial charge on any atom is 1.00 e. The van der Waals surface area contributed by atoms with Crippen molar-refractivity contribution in [1.82, 2.24) is 0 Å². The van der Waals surface area contributed by atoms with Crippen molar-refractivity contribution in [3.63, 3.8) is 0 Å². The second-order valence-corrected chi connectivity index (χ2v) is 1.57. The Labute approximate surface area is 66.5 Å². The Kier molecular flexibility index (Phi) is 11.6. The standard InChI is InChI=1S/CH2O3.F2HO2P.Li/c2-1(3)4;1-5(2,3)4;/h(H2,2,3,4);(H,3,4);/q;;+1/p-1. The topological polar surface area (TPSA) is 97.7 Å². The normalized spacial score (nSPS) is 8.30. The van der Waals surface area contributed by atoms with Crippen LogP contribution in [-0.2, 0) is 4.57 Å². The first-order valence-corrected chi connectivity index (χ1v) is 2.79. The minimum absolute atomic E-state index is 0. The largest absolute Gasteiger partial charge is 1.00 e. The SMILES string of the molecule is O=C([O-])O.O=P(O)(F)F.[Li+]. The molecule has 0 saturated heterocycles. The fourth-order valence-corrected chi connectivity index (χ4v) is 0. The van der Waals surface area contributed by atoms with Crippen LogP contribution in [0.3, 0.4) is 0 Å². The van der Waals surface area contributed by atoms with Crippen LogP contribution in [-0.4, -0.2) is 16.2 Å². The molecule has 0 radical (unpaired) electrons. The Bertz CT molecular complexity index is 119. The van der Waals surface area contributed by atoms with Gasteiger partial charge in [-0.3, -0.25) is 4.89 Å². The minimum Gasteiger partial charge on any atom is -0.565 e. The fraction of sp³-hybridized carbons (Fsp3) is 0. The molecule has 9 heteroatoms. The first-order valence-electron chi connectivity index (χ1n) is 1.35. The van der Waals surface area contributed by atoms with E-state index in [-0.39, 0.29) is 18.9 Å². The molecule has 0 aliphatic carbocycles. The predicted octanol–water partition coefficient (Wildman–Crippen LogP) is -3.08. The van der Waals surface area contributed by atoms with E-state index in [1.807, 2.05) is 0 Å². The summed E-state index contributed by atoms with van der Waals surface area (Å²) in [6, 6.07) is 0. The van der Waals surface area contributed by atoms with Crippen LogP contribution in [0, 0.1) is 0 Å². The van der Waals surface area contributed by atoms with Gasteiger partial charge in [0.05, 0.1) is 0 Å². The van der Waals surface area contributed by atoms with E-state index in [0.29, 0.717) is 0 Å². The van der Waals surface area contributed by atoms with E-state index in [1.54, 1.807) is 0 Å². The Balaban J connectivity index is -0.0000000910. The number of carbonyl (C=O) groups is 1. The summed E-state index contributed by atoms with van der Waals surface area (Å²) in [5.74, 6) is 0. The van der Waals surface area contributed by atoms with Crippen molar-refractivity contribution >= 4 is 14.1 Å². The molecule has 0 bridgehead atoms. The fourth-order valence-electron chi connectivity index (χ4n) is 0. The Morgan fingerprint density at radius 2 is 1.50 bits per heavy atom. The summed E-state index contributed by atoms with van der Waals surface area (Å²) in [7, 11) is -5.64. The second-order valence-electron chi connectivity index (χ2n) is 0.701. The van der Waals surface area contributed by atoms with Gasteiger partial charge in [0.2, 0.25) is 6.16 Å². The number of halogens is 2. The molecule has 0 spiro atoms. The molecule has 0 amide bonds. The molecule has 0 saturated carbocycles. The molecule has 0 atom stereocenters. The minimum atomic E-state index is -5.64. The zero-order chi connectivity index (χ0) is 8.08. The van der Waals surface area contributed by atoms with Crippen LogP contribution >= 0.6 is 7.99 Å². The second kappa shape index (κ2) is 7.03. The van der Waals surface area contributed by atoms with Crippen LogP contribution in [0.25, 0.3) is 0 Å². The number of hydrogen-bond acceptors (Lipinski definition) is 3. The summed E-state index contributed by atoms with van der Waals surface area (Å²) >= 11 is 0. The zero-order valence-electron chi connectivity index (χ0n) is 4.82. The summed E-state index contributed by atoms with van der Waals surface area (Å²) in [6.07, 6.45) is -2.08. The van der Waals surface area contributed by atoms with Crippen molar-refractivity contribution in [2.75, 3.05) is 0 Å². The molecule has 0 aliphatic heterocycles. The first-order chi connectivity index (χ1) is 3.73. The third kappa shape index (κ3) is 55500. The monoisotopic (exact) mass is 170 g/mol. The van der Waals surface area contributed by atoms with Gasteiger partial charge in [-0.25, -0.2) is 4.57 Å². The molecular weight excluding hydrogens is 168 g/mol. The van der Waals surface area contributed by atoms with Gasteiger partial charge in [-0.2, -0.15) is 0 Å². The van der Waals surface area contributed by atoms with Gasteiger partial charge in [0.25, 0.3) is 0 Å². The first kappa shape index (κ1) is 16.5. The Morgan fingerprint density at radius 3 is 1.50 bits per heavy atom. The molecule has 0 aromatic heterocycles. The predicted molar refractivity (Wildman–Crippen MR) is 20.1 cm³/mol. The zero-order valence-corrected chi connectivity index (χ0v) is 5.72. The van der Waals surface area contributed by atoms with E-state index in [2.05, 4.69) is 0 Å². The van der Waals surface area contributed by atoms with Crippen molar-refractivity contribution < 1.29 is 51.7 Å². The number of carboxylic acid groups (broad SMARTS) is 2. The van der Waals surface area contributed by atoms with E-state index >= 15 is 0 Å². The van der Waals surface area contributed by atoms with E-state index in [4.69, 9.17) is 24.5 Å². The van der Waals surface area contributed by atoms with Gasteiger partial charge >= 0.3 is 26.9 Å². The van der Waals surface area contributed by atoms with Crippen molar-refractivity contribution in [3.8, 4) is 0 Å². The van der Waals surface area contributed by atoms with E-state index in [0.717, 1.165) is 0 Å². The molecule has 56 valence electrons.